The second kappa shape index (κ2) is 4.43. The minimum Gasteiger partial charge on any atom is -0.495 e. The molecule has 4 nitrogen and oxygen atoms in total. The van der Waals surface area contributed by atoms with Gasteiger partial charge in [-0.25, -0.2) is 0 Å². The Balaban J connectivity index is 2.89. The van der Waals surface area contributed by atoms with Gasteiger partial charge in [-0.1, -0.05) is 0 Å². The first kappa shape index (κ1) is 12.4. The highest BCUT2D eigenvalue weighted by Crippen LogP contribution is 2.22. The smallest absolute Gasteiger partial charge is 0.251 e. The van der Waals surface area contributed by atoms with E-state index in [0.717, 1.165) is 0 Å². The van der Waals surface area contributed by atoms with Crippen molar-refractivity contribution in [3.05, 3.63) is 23.8 Å². The fourth-order valence-corrected chi connectivity index (χ4v) is 1.29. The largest absolute Gasteiger partial charge is 0.495 e. The van der Waals surface area contributed by atoms with Crippen molar-refractivity contribution < 1.29 is 9.53 Å². The van der Waals surface area contributed by atoms with Gasteiger partial charge in [-0.05, 0) is 39.0 Å². The molecule has 0 unspecified atom stereocenters. The van der Waals surface area contributed by atoms with Crippen LogP contribution in [-0.4, -0.2) is 18.6 Å². The molecule has 0 spiro atoms. The average Bonchev–Trinajstić information content (AvgIpc) is 2.15. The predicted octanol–water partition coefficient (Wildman–Crippen LogP) is 1.81. The molecule has 16 heavy (non-hydrogen) atoms. The Kier molecular flexibility index (Phi) is 3.42. The molecule has 0 aliphatic rings. The van der Waals surface area contributed by atoms with Crippen LogP contribution in [-0.2, 0) is 0 Å². The lowest BCUT2D eigenvalue weighted by Crippen LogP contribution is -2.40. The average molecular weight is 222 g/mol. The third-order valence-electron chi connectivity index (χ3n) is 1.98. The van der Waals surface area contributed by atoms with E-state index < -0.39 is 0 Å². The van der Waals surface area contributed by atoms with Crippen LogP contribution in [0.1, 0.15) is 31.1 Å². The highest BCUT2D eigenvalue weighted by Gasteiger charge is 2.15. The van der Waals surface area contributed by atoms with Crippen LogP contribution in [0.4, 0.5) is 5.69 Å². The highest BCUT2D eigenvalue weighted by molar-refractivity contribution is 5.95. The van der Waals surface area contributed by atoms with Crippen LogP contribution in [0, 0.1) is 0 Å². The van der Waals surface area contributed by atoms with Crippen LogP contribution in [0.5, 0.6) is 5.75 Å². The monoisotopic (exact) mass is 222 g/mol. The maximum absolute atomic E-state index is 11.8. The molecule has 0 saturated heterocycles. The quantitative estimate of drug-likeness (QED) is 0.750. The molecular weight excluding hydrogens is 204 g/mol. The number of benzene rings is 1. The Morgan fingerprint density at radius 1 is 1.38 bits per heavy atom. The minimum atomic E-state index is -0.258. The standard InChI is InChI=1S/C12H18N2O2/c1-12(2,3)14-11(15)8-5-6-10(16-4)9(13)7-8/h5-7H,13H2,1-4H3,(H,14,15). The van der Waals surface area contributed by atoms with E-state index in [2.05, 4.69) is 5.32 Å². The summed E-state index contributed by atoms with van der Waals surface area (Å²) in [5.74, 6) is 0.439. The summed E-state index contributed by atoms with van der Waals surface area (Å²) in [6.45, 7) is 5.79. The molecule has 1 amide bonds. The molecule has 4 heteroatoms. The van der Waals surface area contributed by atoms with Gasteiger partial charge in [-0.3, -0.25) is 4.79 Å². The van der Waals surface area contributed by atoms with Crippen LogP contribution >= 0.6 is 0 Å². The van der Waals surface area contributed by atoms with Crippen molar-refractivity contribution in [2.24, 2.45) is 0 Å². The minimum absolute atomic E-state index is 0.137. The zero-order valence-corrected chi connectivity index (χ0v) is 10.1. The van der Waals surface area contributed by atoms with Crippen molar-refractivity contribution >= 4 is 11.6 Å². The molecule has 1 aromatic carbocycles. The van der Waals surface area contributed by atoms with Crippen LogP contribution in [0.15, 0.2) is 18.2 Å². The number of amides is 1. The van der Waals surface area contributed by atoms with Gasteiger partial charge in [0.2, 0.25) is 0 Å². The summed E-state index contributed by atoms with van der Waals surface area (Å²) in [7, 11) is 1.54. The van der Waals surface area contributed by atoms with Gasteiger partial charge in [0.25, 0.3) is 5.91 Å². The van der Waals surface area contributed by atoms with Crippen molar-refractivity contribution in [1.29, 1.82) is 0 Å². The van der Waals surface area contributed by atoms with Gasteiger partial charge in [0.15, 0.2) is 0 Å². The van der Waals surface area contributed by atoms with Crippen LogP contribution in [0.3, 0.4) is 0 Å². The van der Waals surface area contributed by atoms with Crippen molar-refractivity contribution in [2.45, 2.75) is 26.3 Å². The zero-order valence-electron chi connectivity index (χ0n) is 10.1. The van der Waals surface area contributed by atoms with Gasteiger partial charge >= 0.3 is 0 Å². The first-order valence-corrected chi connectivity index (χ1v) is 5.09. The number of hydrogen-bond donors (Lipinski definition) is 2. The molecule has 0 aliphatic carbocycles. The Morgan fingerprint density at radius 2 is 2.00 bits per heavy atom. The highest BCUT2D eigenvalue weighted by atomic mass is 16.5. The summed E-state index contributed by atoms with van der Waals surface area (Å²) >= 11 is 0. The molecule has 88 valence electrons. The SMILES string of the molecule is COc1ccc(C(=O)NC(C)(C)C)cc1N. The molecule has 0 atom stereocenters. The van der Waals surface area contributed by atoms with Gasteiger partial charge in [-0.2, -0.15) is 0 Å². The molecule has 0 bridgehead atoms. The van der Waals surface area contributed by atoms with E-state index in [0.29, 0.717) is 17.0 Å². The van der Waals surface area contributed by atoms with Gasteiger partial charge in [0.1, 0.15) is 5.75 Å². The second-order valence-electron chi connectivity index (χ2n) is 4.66. The lowest BCUT2D eigenvalue weighted by atomic mass is 10.1. The summed E-state index contributed by atoms with van der Waals surface area (Å²) in [4.78, 5) is 11.8. The lowest BCUT2D eigenvalue weighted by molar-refractivity contribution is 0.0919. The van der Waals surface area contributed by atoms with Crippen LogP contribution in [0.2, 0.25) is 0 Å². The summed E-state index contributed by atoms with van der Waals surface area (Å²) in [6, 6.07) is 4.99. The summed E-state index contributed by atoms with van der Waals surface area (Å²) < 4.78 is 5.02. The Bertz CT molecular complexity index is 394. The first-order valence-electron chi connectivity index (χ1n) is 5.09. The van der Waals surface area contributed by atoms with E-state index >= 15 is 0 Å². The normalized spacial score (nSPS) is 11.0. The number of anilines is 1. The molecule has 0 saturated carbocycles. The molecule has 1 aromatic rings. The van der Waals surface area contributed by atoms with Crippen molar-refractivity contribution in [2.75, 3.05) is 12.8 Å². The van der Waals surface area contributed by atoms with E-state index in [-0.39, 0.29) is 11.4 Å². The van der Waals surface area contributed by atoms with Gasteiger partial charge < -0.3 is 15.8 Å². The van der Waals surface area contributed by atoms with Crippen molar-refractivity contribution in [3.63, 3.8) is 0 Å². The van der Waals surface area contributed by atoms with Gasteiger partial charge in [0.05, 0.1) is 12.8 Å². The van der Waals surface area contributed by atoms with Gasteiger partial charge in [-0.15, -0.1) is 0 Å². The van der Waals surface area contributed by atoms with E-state index in [4.69, 9.17) is 10.5 Å². The van der Waals surface area contributed by atoms with E-state index in [1.165, 1.54) is 0 Å². The van der Waals surface area contributed by atoms with E-state index in [1.54, 1.807) is 25.3 Å². The molecule has 0 aromatic heterocycles. The number of carbonyl (C=O) groups excluding carboxylic acids is 1. The van der Waals surface area contributed by atoms with Crippen molar-refractivity contribution in [1.82, 2.24) is 5.32 Å². The number of hydrogen-bond acceptors (Lipinski definition) is 3. The Morgan fingerprint density at radius 3 is 2.44 bits per heavy atom. The lowest BCUT2D eigenvalue weighted by Gasteiger charge is -2.20. The maximum Gasteiger partial charge on any atom is 0.251 e. The molecule has 0 aliphatic heterocycles. The Hall–Kier alpha value is -1.71. The van der Waals surface area contributed by atoms with E-state index in [1.807, 2.05) is 20.8 Å². The molecule has 1 rings (SSSR count). The predicted molar refractivity (Wildman–Crippen MR) is 64.6 cm³/mol. The molecule has 0 fully saturated rings. The van der Waals surface area contributed by atoms with Crippen LogP contribution < -0.4 is 15.8 Å². The number of nitrogens with one attached hydrogen (secondary N) is 1. The number of nitrogens with two attached hydrogens (primary N) is 1. The fourth-order valence-electron chi connectivity index (χ4n) is 1.29. The summed E-state index contributed by atoms with van der Waals surface area (Å²) in [6.07, 6.45) is 0. The number of methoxy groups -OCH3 is 1. The fraction of sp³-hybridized carbons (Fsp3) is 0.417. The summed E-state index contributed by atoms with van der Waals surface area (Å²) in [5, 5.41) is 2.86. The zero-order chi connectivity index (χ0) is 12.3. The third kappa shape index (κ3) is 3.15. The summed E-state index contributed by atoms with van der Waals surface area (Å²) in [5.41, 5.74) is 6.47. The molecule has 3 N–H and O–H groups in total. The van der Waals surface area contributed by atoms with Crippen LogP contribution in [0.25, 0.3) is 0 Å². The first-order chi connectivity index (χ1) is 7.33. The number of ether oxygens (including phenoxy) is 1. The number of carbonyl (C=O) groups is 1. The molecular formula is C12H18N2O2. The topological polar surface area (TPSA) is 64.3 Å². The third-order valence-corrected chi connectivity index (χ3v) is 1.98. The maximum atomic E-state index is 11.8. The molecule has 0 heterocycles. The molecule has 0 radical (unpaired) electrons. The second-order valence-corrected chi connectivity index (χ2v) is 4.66. The van der Waals surface area contributed by atoms with E-state index in [9.17, 15) is 4.79 Å². The van der Waals surface area contributed by atoms with Crippen molar-refractivity contribution in [3.8, 4) is 5.75 Å². The number of rotatable bonds is 2. The Labute approximate surface area is 95.8 Å². The van der Waals surface area contributed by atoms with Gasteiger partial charge in [0, 0.05) is 11.1 Å². The number of nitrogen functional groups attached to an aromatic ring is 1.